The smallest absolute Gasteiger partial charge is 0.245 e. The highest BCUT2D eigenvalue weighted by atomic mass is 16.8. The van der Waals surface area contributed by atoms with E-state index in [2.05, 4.69) is 19.9 Å². The lowest BCUT2D eigenvalue weighted by molar-refractivity contribution is -0.205. The van der Waals surface area contributed by atoms with Gasteiger partial charge in [0.1, 0.15) is 12.1 Å². The quantitative estimate of drug-likeness (QED) is 0.848. The molecule has 0 unspecified atom stereocenters. The molecule has 3 N–H and O–H groups in total. The highest BCUT2D eigenvalue weighted by molar-refractivity contribution is 5.76. The Morgan fingerprint density at radius 3 is 2.85 bits per heavy atom. The van der Waals surface area contributed by atoms with E-state index in [-0.39, 0.29) is 18.5 Å². The number of hydrogen-bond acceptors (Lipinski definition) is 7. The third kappa shape index (κ3) is 2.16. The average Bonchev–Trinajstić information content (AvgIpc) is 3.04. The normalized spacial score (nSPS) is 17.9. The van der Waals surface area contributed by atoms with Crippen LogP contribution in [-0.2, 0) is 9.47 Å². The number of nitrogen functional groups attached to an aromatic ring is 1. The number of aromatic nitrogens is 4. The van der Waals surface area contributed by atoms with Crippen molar-refractivity contribution >= 4 is 17.1 Å². The second kappa shape index (κ2) is 4.88. The Labute approximate surface area is 115 Å². The van der Waals surface area contributed by atoms with E-state index in [1.165, 1.54) is 6.33 Å². The summed E-state index contributed by atoms with van der Waals surface area (Å²) in [6.07, 6.45) is 1.52. The van der Waals surface area contributed by atoms with Crippen LogP contribution in [0.25, 0.3) is 11.2 Å². The summed E-state index contributed by atoms with van der Waals surface area (Å²) in [5, 5.41) is 0. The van der Waals surface area contributed by atoms with Crippen molar-refractivity contribution in [2.75, 3.05) is 25.6 Å². The van der Waals surface area contributed by atoms with Gasteiger partial charge in [-0.25, -0.2) is 4.98 Å². The summed E-state index contributed by atoms with van der Waals surface area (Å²) < 4.78 is 17.2. The second-order valence-corrected chi connectivity index (χ2v) is 4.94. The van der Waals surface area contributed by atoms with Gasteiger partial charge in [-0.2, -0.15) is 9.97 Å². The molecule has 0 amide bonds. The van der Waals surface area contributed by atoms with Crippen LogP contribution in [0.2, 0.25) is 0 Å². The maximum absolute atomic E-state index is 5.75. The molecule has 1 saturated heterocycles. The second-order valence-electron chi connectivity index (χ2n) is 4.94. The van der Waals surface area contributed by atoms with E-state index in [0.717, 1.165) is 0 Å². The van der Waals surface area contributed by atoms with E-state index < -0.39 is 5.79 Å². The maximum atomic E-state index is 5.75. The Kier molecular flexibility index (Phi) is 3.19. The van der Waals surface area contributed by atoms with Crippen LogP contribution >= 0.6 is 0 Å². The fraction of sp³-hybridized carbons (Fsp3) is 0.583. The van der Waals surface area contributed by atoms with E-state index >= 15 is 0 Å². The first-order chi connectivity index (χ1) is 9.61. The van der Waals surface area contributed by atoms with Gasteiger partial charge in [0.2, 0.25) is 17.6 Å². The van der Waals surface area contributed by atoms with Crippen LogP contribution in [0.4, 0.5) is 5.95 Å². The molecule has 0 saturated carbocycles. The molecule has 1 fully saturated rings. The first-order valence-corrected chi connectivity index (χ1v) is 6.48. The summed E-state index contributed by atoms with van der Waals surface area (Å²) >= 11 is 0. The third-order valence-electron chi connectivity index (χ3n) is 3.34. The number of hydrogen-bond donors (Lipinski definition) is 2. The molecule has 8 nitrogen and oxygen atoms in total. The number of nitrogens with two attached hydrogens (primary N) is 1. The van der Waals surface area contributed by atoms with Crippen molar-refractivity contribution in [3.05, 3.63) is 6.33 Å². The van der Waals surface area contributed by atoms with Gasteiger partial charge in [0.05, 0.1) is 19.5 Å². The predicted octanol–water partition coefficient (Wildman–Crippen LogP) is 0.713. The van der Waals surface area contributed by atoms with Crippen molar-refractivity contribution in [2.24, 2.45) is 5.92 Å². The standard InChI is InChI=1S/C12H17N5O3/c1-7(2)12(19-3-4-20-12)5-18-10-8-9(15-6-14-8)16-11(13)17-10/h6-7H,3-5H2,1-2H3,(H3,13,14,15,16,17). The van der Waals surface area contributed by atoms with Gasteiger partial charge in [0.15, 0.2) is 5.65 Å². The number of aromatic amines is 1. The van der Waals surface area contributed by atoms with Crippen LogP contribution in [-0.4, -0.2) is 45.5 Å². The molecule has 3 rings (SSSR count). The monoisotopic (exact) mass is 279 g/mol. The number of ether oxygens (including phenoxy) is 3. The van der Waals surface area contributed by atoms with Gasteiger partial charge < -0.3 is 24.9 Å². The lowest BCUT2D eigenvalue weighted by Crippen LogP contribution is -2.42. The molecule has 3 heterocycles. The van der Waals surface area contributed by atoms with Crippen molar-refractivity contribution in [3.63, 3.8) is 0 Å². The molecule has 0 spiro atoms. The van der Waals surface area contributed by atoms with Gasteiger partial charge in [-0.1, -0.05) is 13.8 Å². The molecule has 1 aliphatic heterocycles. The first kappa shape index (κ1) is 13.1. The van der Waals surface area contributed by atoms with Gasteiger partial charge in [-0.3, -0.25) is 0 Å². The van der Waals surface area contributed by atoms with Crippen molar-refractivity contribution in [1.29, 1.82) is 0 Å². The van der Waals surface area contributed by atoms with Gasteiger partial charge >= 0.3 is 0 Å². The SMILES string of the molecule is CC(C)C1(COc2nc(N)nc3nc[nH]c23)OCCO1. The molecular weight excluding hydrogens is 262 g/mol. The summed E-state index contributed by atoms with van der Waals surface area (Å²) in [5.41, 5.74) is 6.72. The van der Waals surface area contributed by atoms with Gasteiger partial charge in [-0.05, 0) is 0 Å². The summed E-state index contributed by atoms with van der Waals surface area (Å²) in [6.45, 7) is 5.40. The first-order valence-electron chi connectivity index (χ1n) is 6.48. The van der Waals surface area contributed by atoms with Crippen molar-refractivity contribution in [2.45, 2.75) is 19.6 Å². The van der Waals surface area contributed by atoms with Crippen molar-refractivity contribution < 1.29 is 14.2 Å². The molecule has 8 heteroatoms. The van der Waals surface area contributed by atoms with Crippen LogP contribution in [0, 0.1) is 5.92 Å². The molecule has 2 aromatic heterocycles. The van der Waals surface area contributed by atoms with E-state index in [1.54, 1.807) is 0 Å². The Balaban J connectivity index is 1.84. The minimum atomic E-state index is -0.744. The number of anilines is 1. The summed E-state index contributed by atoms with van der Waals surface area (Å²) in [4.78, 5) is 15.1. The number of H-pyrrole nitrogens is 1. The molecule has 2 aromatic rings. The lowest BCUT2D eigenvalue weighted by atomic mass is 10.0. The fourth-order valence-corrected chi connectivity index (χ4v) is 2.15. The van der Waals surface area contributed by atoms with Crippen LogP contribution in [0.5, 0.6) is 5.88 Å². The predicted molar refractivity (Wildman–Crippen MR) is 71.1 cm³/mol. The van der Waals surface area contributed by atoms with E-state index in [9.17, 15) is 0 Å². The Bertz CT molecular complexity index is 606. The molecule has 0 radical (unpaired) electrons. The highest BCUT2D eigenvalue weighted by Crippen LogP contribution is 2.30. The minimum absolute atomic E-state index is 0.117. The van der Waals surface area contributed by atoms with E-state index in [4.69, 9.17) is 19.9 Å². The number of rotatable bonds is 4. The molecular formula is C12H17N5O3. The lowest BCUT2D eigenvalue weighted by Gasteiger charge is -2.30. The molecule has 0 aliphatic carbocycles. The van der Waals surface area contributed by atoms with Crippen LogP contribution in [0.3, 0.4) is 0 Å². The fourth-order valence-electron chi connectivity index (χ4n) is 2.15. The Morgan fingerprint density at radius 2 is 2.15 bits per heavy atom. The highest BCUT2D eigenvalue weighted by Gasteiger charge is 2.41. The van der Waals surface area contributed by atoms with Crippen LogP contribution in [0.1, 0.15) is 13.8 Å². The summed E-state index contributed by atoms with van der Waals surface area (Å²) in [6, 6.07) is 0. The van der Waals surface area contributed by atoms with E-state index in [1.807, 2.05) is 13.8 Å². The number of fused-ring (bicyclic) bond motifs is 1. The third-order valence-corrected chi connectivity index (χ3v) is 3.34. The summed E-state index contributed by atoms with van der Waals surface area (Å²) in [7, 11) is 0. The zero-order valence-corrected chi connectivity index (χ0v) is 11.4. The maximum Gasteiger partial charge on any atom is 0.245 e. The number of nitrogens with zero attached hydrogens (tertiary/aromatic N) is 3. The van der Waals surface area contributed by atoms with Crippen molar-refractivity contribution in [1.82, 2.24) is 19.9 Å². The van der Waals surface area contributed by atoms with E-state index in [0.29, 0.717) is 30.3 Å². The Morgan fingerprint density at radius 1 is 1.40 bits per heavy atom. The molecule has 0 atom stereocenters. The zero-order valence-electron chi connectivity index (χ0n) is 11.4. The number of imidazole rings is 1. The van der Waals surface area contributed by atoms with Crippen molar-refractivity contribution in [3.8, 4) is 5.88 Å². The van der Waals surface area contributed by atoms with Crippen LogP contribution < -0.4 is 10.5 Å². The molecule has 0 bridgehead atoms. The number of nitrogens with one attached hydrogen (secondary N) is 1. The molecule has 0 aromatic carbocycles. The summed E-state index contributed by atoms with van der Waals surface area (Å²) in [5.74, 6) is -0.122. The van der Waals surface area contributed by atoms with Gasteiger partial charge in [0.25, 0.3) is 0 Å². The molecule has 108 valence electrons. The zero-order chi connectivity index (χ0) is 14.2. The Hall–Kier alpha value is -1.93. The largest absolute Gasteiger partial charge is 0.470 e. The average molecular weight is 279 g/mol. The van der Waals surface area contributed by atoms with Gasteiger partial charge in [-0.15, -0.1) is 0 Å². The molecule has 1 aliphatic rings. The minimum Gasteiger partial charge on any atom is -0.470 e. The van der Waals surface area contributed by atoms with Crippen LogP contribution in [0.15, 0.2) is 6.33 Å². The topological polar surface area (TPSA) is 108 Å². The molecule has 20 heavy (non-hydrogen) atoms. The van der Waals surface area contributed by atoms with Gasteiger partial charge in [0, 0.05) is 5.92 Å².